The fourth-order valence-corrected chi connectivity index (χ4v) is 4.14. The molecule has 132 valence electrons. The molecule has 4 rings (SSSR count). The fraction of sp³-hybridized carbons (Fsp3) is 0.200. The van der Waals surface area contributed by atoms with Crippen molar-refractivity contribution in [2.75, 3.05) is 5.32 Å². The number of hydrogen-bond acceptors (Lipinski definition) is 3. The number of fused-ring (bicyclic) bond motifs is 1. The van der Waals surface area contributed by atoms with Crippen LogP contribution in [0.5, 0.6) is 0 Å². The zero-order valence-corrected chi connectivity index (χ0v) is 15.4. The summed E-state index contributed by atoms with van der Waals surface area (Å²) < 4.78 is 15.8. The van der Waals surface area contributed by atoms with Gasteiger partial charge in [0.15, 0.2) is 0 Å². The molecule has 2 aromatic carbocycles. The topological polar surface area (TPSA) is 46.9 Å². The van der Waals surface area contributed by atoms with E-state index in [2.05, 4.69) is 5.32 Å². The van der Waals surface area contributed by atoms with Crippen molar-refractivity contribution in [2.45, 2.75) is 25.4 Å². The molecule has 1 amide bonds. The molecule has 0 unspecified atom stereocenters. The van der Waals surface area contributed by atoms with Crippen molar-refractivity contribution in [3.05, 3.63) is 76.2 Å². The molecular weight excluding hydrogens is 349 g/mol. The lowest BCUT2D eigenvalue weighted by Crippen LogP contribution is -2.18. The van der Waals surface area contributed by atoms with Crippen molar-refractivity contribution in [2.24, 2.45) is 0 Å². The van der Waals surface area contributed by atoms with Gasteiger partial charge in [0.1, 0.15) is 11.6 Å². The summed E-state index contributed by atoms with van der Waals surface area (Å²) >= 11 is 1.76. The Labute approximate surface area is 155 Å². The maximum absolute atomic E-state index is 14.0. The molecule has 0 radical (unpaired) electrons. The van der Waals surface area contributed by atoms with E-state index < -0.39 is 11.7 Å². The van der Waals surface area contributed by atoms with Gasteiger partial charge in [-0.3, -0.25) is 4.79 Å². The Balaban J connectivity index is 1.80. The summed E-state index contributed by atoms with van der Waals surface area (Å²) in [5, 5.41) is 7.62. The average molecular weight is 367 g/mol. The highest BCUT2D eigenvalue weighted by molar-refractivity contribution is 7.98. The van der Waals surface area contributed by atoms with E-state index in [1.54, 1.807) is 28.6 Å². The summed E-state index contributed by atoms with van der Waals surface area (Å²) in [6, 6.07) is 12.0. The molecular formula is C20H18FN3OS. The fourth-order valence-electron chi connectivity index (χ4n) is 3.10. The van der Waals surface area contributed by atoms with Crippen LogP contribution in [0.3, 0.4) is 0 Å². The molecule has 2 heterocycles. The highest BCUT2D eigenvalue weighted by Gasteiger charge is 2.26. The molecule has 0 aliphatic carbocycles. The summed E-state index contributed by atoms with van der Waals surface area (Å²) in [4.78, 5) is 12.7. The number of hydrogen-bond donors (Lipinski definition) is 1. The second kappa shape index (κ2) is 6.61. The number of rotatable bonds is 3. The van der Waals surface area contributed by atoms with Crippen molar-refractivity contribution in [3.63, 3.8) is 0 Å². The van der Waals surface area contributed by atoms with Gasteiger partial charge in [0.25, 0.3) is 5.91 Å². The van der Waals surface area contributed by atoms with Gasteiger partial charge in [-0.25, -0.2) is 9.07 Å². The maximum Gasteiger partial charge on any atom is 0.259 e. The normalized spacial score (nSPS) is 12.9. The minimum absolute atomic E-state index is 0.0283. The number of amides is 1. The van der Waals surface area contributed by atoms with E-state index in [4.69, 9.17) is 5.10 Å². The summed E-state index contributed by atoms with van der Waals surface area (Å²) in [7, 11) is 0. The molecule has 4 nitrogen and oxygen atoms in total. The van der Waals surface area contributed by atoms with Crippen LogP contribution in [0.4, 0.5) is 10.2 Å². The Morgan fingerprint density at radius 3 is 2.77 bits per heavy atom. The van der Waals surface area contributed by atoms with Gasteiger partial charge < -0.3 is 5.32 Å². The molecule has 1 aromatic heterocycles. The van der Waals surface area contributed by atoms with Gasteiger partial charge in [-0.15, -0.1) is 0 Å². The van der Waals surface area contributed by atoms with Crippen molar-refractivity contribution in [1.82, 2.24) is 9.78 Å². The van der Waals surface area contributed by atoms with E-state index in [-0.39, 0.29) is 5.56 Å². The molecule has 0 atom stereocenters. The SMILES string of the molecule is Cc1cccc(-n2nc3c(c2NC(=O)c2ccccc2F)CSC3)c1C. The molecule has 1 aliphatic heterocycles. The molecule has 0 fully saturated rings. The molecule has 26 heavy (non-hydrogen) atoms. The third-order valence-corrected chi connectivity index (χ3v) is 5.68. The number of aryl methyl sites for hydroxylation is 1. The molecule has 1 N–H and O–H groups in total. The summed E-state index contributed by atoms with van der Waals surface area (Å²) in [6.45, 7) is 4.08. The number of nitrogens with one attached hydrogen (secondary N) is 1. The van der Waals surface area contributed by atoms with Crippen LogP contribution in [0.15, 0.2) is 42.5 Å². The molecule has 0 saturated heterocycles. The van der Waals surface area contributed by atoms with Crippen LogP contribution >= 0.6 is 11.8 Å². The van der Waals surface area contributed by atoms with Crippen LogP contribution < -0.4 is 5.32 Å². The lowest BCUT2D eigenvalue weighted by molar-refractivity contribution is 0.102. The zero-order valence-electron chi connectivity index (χ0n) is 14.5. The summed E-state index contributed by atoms with van der Waals surface area (Å²) in [5.41, 5.74) is 5.19. The number of anilines is 1. The maximum atomic E-state index is 14.0. The number of aromatic nitrogens is 2. The van der Waals surface area contributed by atoms with Gasteiger partial charge in [-0.05, 0) is 43.2 Å². The van der Waals surface area contributed by atoms with Gasteiger partial charge in [0.05, 0.1) is 16.9 Å². The molecule has 0 saturated carbocycles. The Morgan fingerprint density at radius 2 is 1.96 bits per heavy atom. The van der Waals surface area contributed by atoms with E-state index in [0.717, 1.165) is 39.6 Å². The molecule has 0 spiro atoms. The molecule has 3 aromatic rings. The number of carbonyl (C=O) groups is 1. The van der Waals surface area contributed by atoms with Crippen LogP contribution in [0, 0.1) is 19.7 Å². The quantitative estimate of drug-likeness (QED) is 0.734. The van der Waals surface area contributed by atoms with Gasteiger partial charge in [0.2, 0.25) is 0 Å². The smallest absolute Gasteiger partial charge is 0.259 e. The minimum atomic E-state index is -0.533. The number of benzene rings is 2. The van der Waals surface area contributed by atoms with Crippen molar-refractivity contribution >= 4 is 23.5 Å². The number of carbonyl (C=O) groups excluding carboxylic acids is 1. The summed E-state index contributed by atoms with van der Waals surface area (Å²) in [6.07, 6.45) is 0. The minimum Gasteiger partial charge on any atom is -0.306 e. The van der Waals surface area contributed by atoms with Crippen LogP contribution in [0.2, 0.25) is 0 Å². The van der Waals surface area contributed by atoms with Gasteiger partial charge in [-0.2, -0.15) is 16.9 Å². The Hall–Kier alpha value is -2.60. The number of halogens is 1. The lowest BCUT2D eigenvalue weighted by Gasteiger charge is -2.14. The Kier molecular flexibility index (Phi) is 4.28. The van der Waals surface area contributed by atoms with Crippen LogP contribution in [0.1, 0.15) is 32.7 Å². The first-order chi connectivity index (χ1) is 12.6. The molecule has 1 aliphatic rings. The highest BCUT2D eigenvalue weighted by Crippen LogP contribution is 2.37. The van der Waals surface area contributed by atoms with Crippen molar-refractivity contribution in [1.29, 1.82) is 0 Å². The lowest BCUT2D eigenvalue weighted by atomic mass is 10.1. The van der Waals surface area contributed by atoms with Gasteiger partial charge in [0, 0.05) is 17.1 Å². The van der Waals surface area contributed by atoms with Crippen LogP contribution in [-0.2, 0) is 11.5 Å². The van der Waals surface area contributed by atoms with E-state index in [9.17, 15) is 9.18 Å². The third-order valence-electron chi connectivity index (χ3n) is 4.71. The number of thioether (sulfide) groups is 1. The predicted octanol–water partition coefficient (Wildman–Crippen LogP) is 4.63. The Morgan fingerprint density at radius 1 is 1.15 bits per heavy atom. The highest BCUT2D eigenvalue weighted by atomic mass is 32.2. The van der Waals surface area contributed by atoms with Crippen LogP contribution in [0.25, 0.3) is 5.69 Å². The van der Waals surface area contributed by atoms with E-state index in [1.807, 2.05) is 32.0 Å². The zero-order chi connectivity index (χ0) is 18.3. The monoisotopic (exact) mass is 367 g/mol. The largest absolute Gasteiger partial charge is 0.306 e. The predicted molar refractivity (Wildman–Crippen MR) is 102 cm³/mol. The van der Waals surface area contributed by atoms with Crippen molar-refractivity contribution < 1.29 is 9.18 Å². The number of nitrogens with zero attached hydrogens (tertiary/aromatic N) is 2. The Bertz CT molecular complexity index is 1010. The van der Waals surface area contributed by atoms with E-state index >= 15 is 0 Å². The molecule has 6 heteroatoms. The first-order valence-corrected chi connectivity index (χ1v) is 9.52. The average Bonchev–Trinajstić information content (AvgIpc) is 3.20. The molecule has 0 bridgehead atoms. The standard InChI is InChI=1S/C20H18FN3OS/c1-12-6-5-9-18(13(12)2)24-19(15-10-26-11-17(15)23-24)22-20(25)14-7-3-4-8-16(14)21/h3-9H,10-11H2,1-2H3,(H,22,25). The third kappa shape index (κ3) is 2.80. The summed E-state index contributed by atoms with van der Waals surface area (Å²) in [5.74, 6) is 1.23. The first-order valence-electron chi connectivity index (χ1n) is 8.37. The van der Waals surface area contributed by atoms with Gasteiger partial charge in [-0.1, -0.05) is 24.3 Å². The van der Waals surface area contributed by atoms with Gasteiger partial charge >= 0.3 is 0 Å². The van der Waals surface area contributed by atoms with Crippen molar-refractivity contribution in [3.8, 4) is 5.69 Å². The first kappa shape index (κ1) is 16.8. The van der Waals surface area contributed by atoms with E-state index in [0.29, 0.717) is 5.82 Å². The van der Waals surface area contributed by atoms with Crippen LogP contribution in [-0.4, -0.2) is 15.7 Å². The van der Waals surface area contributed by atoms with E-state index in [1.165, 1.54) is 12.1 Å². The second-order valence-electron chi connectivity index (χ2n) is 6.33. The second-order valence-corrected chi connectivity index (χ2v) is 7.32.